The molecule has 1 N–H and O–H groups in total. The van der Waals surface area contributed by atoms with Crippen LogP contribution in [-0.4, -0.2) is 47.0 Å². The molecule has 2 aliphatic rings. The van der Waals surface area contributed by atoms with Gasteiger partial charge in [-0.1, -0.05) is 18.2 Å². The largest absolute Gasteiger partial charge is 0.360 e. The minimum absolute atomic E-state index is 0.221. The van der Waals surface area contributed by atoms with Gasteiger partial charge in [-0.05, 0) is 53.1 Å². The van der Waals surface area contributed by atoms with Crippen molar-refractivity contribution in [3.63, 3.8) is 0 Å². The van der Waals surface area contributed by atoms with Crippen molar-refractivity contribution in [1.29, 1.82) is 0 Å². The zero-order chi connectivity index (χ0) is 13.0. The number of piperidine rings is 1. The van der Waals surface area contributed by atoms with Crippen LogP contribution in [0.5, 0.6) is 0 Å². The highest BCUT2D eigenvalue weighted by Gasteiger charge is 2.24. The van der Waals surface area contributed by atoms with E-state index < -0.39 is 0 Å². The van der Waals surface area contributed by atoms with Crippen molar-refractivity contribution < 1.29 is 0 Å². The van der Waals surface area contributed by atoms with E-state index in [1.165, 1.54) is 44.5 Å². The van der Waals surface area contributed by atoms with E-state index in [2.05, 4.69) is 31.0 Å². The van der Waals surface area contributed by atoms with Gasteiger partial charge in [0.05, 0.1) is 6.54 Å². The van der Waals surface area contributed by atoms with Gasteiger partial charge in [-0.3, -0.25) is 9.89 Å². The van der Waals surface area contributed by atoms with Gasteiger partial charge >= 0.3 is 0 Å². The lowest BCUT2D eigenvalue weighted by atomic mass is 10.0. The molecule has 0 amide bonds. The first-order chi connectivity index (χ1) is 8.57. The van der Waals surface area contributed by atoms with E-state index in [1.807, 2.05) is 11.8 Å². The Morgan fingerprint density at radius 2 is 2.06 bits per heavy atom. The monoisotopic (exact) mass is 269 g/mol. The zero-order valence-electron chi connectivity index (χ0n) is 12.0. The van der Waals surface area contributed by atoms with Crippen LogP contribution in [0.2, 0.25) is 0 Å². The molecule has 18 heavy (non-hydrogen) atoms. The number of nitrogens with one attached hydrogen (secondary N) is 1. The minimum atomic E-state index is 0.221. The van der Waals surface area contributed by atoms with E-state index in [4.69, 9.17) is 4.99 Å². The number of nitrogens with zero attached hydrogens (tertiary/aromatic N) is 2. The van der Waals surface area contributed by atoms with Gasteiger partial charge in [0.1, 0.15) is 0 Å². The second-order valence-corrected chi connectivity index (χ2v) is 7.28. The van der Waals surface area contributed by atoms with Crippen LogP contribution in [0.25, 0.3) is 0 Å². The van der Waals surface area contributed by atoms with E-state index in [9.17, 15) is 0 Å². The highest BCUT2D eigenvalue weighted by Crippen LogP contribution is 2.21. The second kappa shape index (κ2) is 6.29. The van der Waals surface area contributed by atoms with Crippen LogP contribution in [0, 0.1) is 0 Å². The number of aliphatic imine (C=N–C) groups is 1. The van der Waals surface area contributed by atoms with Gasteiger partial charge in [-0.25, -0.2) is 0 Å². The Bertz CT molecular complexity index is 295. The van der Waals surface area contributed by atoms with Crippen LogP contribution in [0.15, 0.2) is 4.99 Å². The van der Waals surface area contributed by atoms with E-state index >= 15 is 0 Å². The molecule has 1 unspecified atom stereocenters. The maximum absolute atomic E-state index is 4.78. The summed E-state index contributed by atoms with van der Waals surface area (Å²) >= 11 is 1.87. The van der Waals surface area contributed by atoms with E-state index in [-0.39, 0.29) is 5.54 Å². The first-order valence-corrected chi connectivity index (χ1v) is 8.25. The summed E-state index contributed by atoms with van der Waals surface area (Å²) in [5.74, 6) is 1.19. The van der Waals surface area contributed by atoms with Crippen LogP contribution >= 0.6 is 11.8 Å². The lowest BCUT2D eigenvalue weighted by molar-refractivity contribution is 0.178. The van der Waals surface area contributed by atoms with Crippen LogP contribution in [0.1, 0.15) is 46.5 Å². The van der Waals surface area contributed by atoms with Crippen LogP contribution in [-0.2, 0) is 0 Å². The summed E-state index contributed by atoms with van der Waals surface area (Å²) in [6.45, 7) is 10.3. The van der Waals surface area contributed by atoms with Gasteiger partial charge in [0, 0.05) is 17.3 Å². The maximum Gasteiger partial charge on any atom is 0.157 e. The maximum atomic E-state index is 4.78. The van der Waals surface area contributed by atoms with Crippen molar-refractivity contribution in [3.05, 3.63) is 0 Å². The topological polar surface area (TPSA) is 27.6 Å². The van der Waals surface area contributed by atoms with Crippen molar-refractivity contribution in [2.75, 3.05) is 25.4 Å². The summed E-state index contributed by atoms with van der Waals surface area (Å²) < 4.78 is 0. The average Bonchev–Trinajstić information content (AvgIpc) is 2.36. The minimum Gasteiger partial charge on any atom is -0.360 e. The van der Waals surface area contributed by atoms with Crippen molar-refractivity contribution >= 4 is 16.9 Å². The fraction of sp³-hybridized carbons (Fsp3) is 0.929. The van der Waals surface area contributed by atoms with Crippen molar-refractivity contribution in [3.8, 4) is 0 Å². The van der Waals surface area contributed by atoms with Crippen molar-refractivity contribution in [1.82, 2.24) is 10.2 Å². The molecule has 4 heteroatoms. The highest BCUT2D eigenvalue weighted by molar-refractivity contribution is 8.13. The fourth-order valence-corrected chi connectivity index (χ4v) is 3.89. The molecule has 3 nitrogen and oxygen atoms in total. The SMILES string of the molecule is CC(CN=C1NC(C)(C)CCS1)N1CCCCC1. The van der Waals surface area contributed by atoms with Crippen LogP contribution < -0.4 is 5.32 Å². The van der Waals surface area contributed by atoms with Gasteiger partial charge in [0.2, 0.25) is 0 Å². The molecule has 0 spiro atoms. The lowest BCUT2D eigenvalue weighted by Crippen LogP contribution is -2.46. The van der Waals surface area contributed by atoms with E-state index in [1.54, 1.807) is 0 Å². The van der Waals surface area contributed by atoms with Crippen molar-refractivity contribution in [2.24, 2.45) is 4.99 Å². The Balaban J connectivity index is 1.81. The molecular weight excluding hydrogens is 242 g/mol. The fourth-order valence-electron chi connectivity index (χ4n) is 2.57. The molecule has 0 radical (unpaired) electrons. The van der Waals surface area contributed by atoms with Crippen molar-refractivity contribution in [2.45, 2.75) is 58.0 Å². The summed E-state index contributed by atoms with van der Waals surface area (Å²) in [5.41, 5.74) is 0.221. The lowest BCUT2D eigenvalue weighted by Gasteiger charge is -2.34. The molecule has 0 bridgehead atoms. The third-order valence-corrected chi connectivity index (χ3v) is 4.84. The molecule has 2 saturated heterocycles. The Morgan fingerprint density at radius 3 is 2.72 bits per heavy atom. The molecule has 2 heterocycles. The number of likely N-dealkylation sites (tertiary alicyclic amines) is 1. The molecular formula is C14H27N3S. The number of hydrogen-bond acceptors (Lipinski definition) is 3. The number of hydrogen-bond donors (Lipinski definition) is 1. The van der Waals surface area contributed by atoms with Gasteiger partial charge < -0.3 is 5.32 Å². The quantitative estimate of drug-likeness (QED) is 0.854. The molecule has 0 aromatic carbocycles. The molecule has 2 fully saturated rings. The molecule has 0 aromatic heterocycles. The molecule has 2 aliphatic heterocycles. The molecule has 0 aromatic rings. The third kappa shape index (κ3) is 4.16. The Labute approximate surface area is 116 Å². The standard InChI is InChI=1S/C14H27N3S/c1-12(17-8-5-4-6-9-17)11-15-13-16-14(2,3)7-10-18-13/h12H,4-11H2,1-3H3,(H,15,16). The summed E-state index contributed by atoms with van der Waals surface area (Å²) in [7, 11) is 0. The first-order valence-electron chi connectivity index (χ1n) is 7.26. The number of thioether (sulfide) groups is 1. The average molecular weight is 269 g/mol. The van der Waals surface area contributed by atoms with Crippen LogP contribution in [0.4, 0.5) is 0 Å². The molecule has 0 saturated carbocycles. The highest BCUT2D eigenvalue weighted by atomic mass is 32.2. The van der Waals surface area contributed by atoms with Gasteiger partial charge in [-0.2, -0.15) is 0 Å². The summed E-state index contributed by atoms with van der Waals surface area (Å²) in [6.07, 6.45) is 5.35. The van der Waals surface area contributed by atoms with Gasteiger partial charge in [-0.15, -0.1) is 0 Å². The molecule has 2 rings (SSSR count). The Hall–Kier alpha value is -0.220. The predicted molar refractivity (Wildman–Crippen MR) is 81.5 cm³/mol. The summed E-state index contributed by atoms with van der Waals surface area (Å²) in [4.78, 5) is 7.37. The van der Waals surface area contributed by atoms with E-state index in [0.29, 0.717) is 6.04 Å². The van der Waals surface area contributed by atoms with Gasteiger partial charge in [0.15, 0.2) is 5.17 Å². The normalized spacial score (nSPS) is 28.9. The summed E-state index contributed by atoms with van der Waals surface area (Å²) in [6, 6.07) is 0.588. The number of amidine groups is 1. The Morgan fingerprint density at radius 1 is 1.33 bits per heavy atom. The predicted octanol–water partition coefficient (Wildman–Crippen LogP) is 2.72. The third-order valence-electron chi connectivity index (χ3n) is 3.92. The van der Waals surface area contributed by atoms with E-state index in [0.717, 1.165) is 11.7 Å². The smallest absolute Gasteiger partial charge is 0.157 e. The first kappa shape index (κ1) is 14.2. The zero-order valence-corrected chi connectivity index (χ0v) is 12.9. The molecule has 0 aliphatic carbocycles. The Kier molecular flexibility index (Phi) is 4.96. The molecule has 104 valence electrons. The number of rotatable bonds is 3. The summed E-state index contributed by atoms with van der Waals surface area (Å²) in [5, 5.41) is 4.69. The molecule has 1 atom stereocenters. The van der Waals surface area contributed by atoms with Gasteiger partial charge in [0.25, 0.3) is 0 Å². The van der Waals surface area contributed by atoms with Crippen LogP contribution in [0.3, 0.4) is 0 Å². The second-order valence-electron chi connectivity index (χ2n) is 6.20.